The first-order valence-corrected chi connectivity index (χ1v) is 11.6. The van der Waals surface area contributed by atoms with E-state index in [4.69, 9.17) is 4.98 Å². The molecule has 0 aliphatic carbocycles. The number of aromatic nitrogens is 4. The van der Waals surface area contributed by atoms with Gasteiger partial charge in [0.25, 0.3) is 0 Å². The van der Waals surface area contributed by atoms with Crippen LogP contribution >= 0.6 is 0 Å². The van der Waals surface area contributed by atoms with Gasteiger partial charge in [-0.1, -0.05) is 12.8 Å². The van der Waals surface area contributed by atoms with Crippen LogP contribution in [0, 0.1) is 0 Å². The standard InChI is InChI=1S/C23H32N8O/c1-29-10-12-30(13-11-29)18-6-7-20(25-16-18)27-23-26-15-17-14-19-22(32)24-8-4-2-3-5-9-31(19)21(17)28-23/h6-7,14-16,22,24,32H,2-5,8-13H2,1H3,(H,25,26,27,28). The van der Waals surface area contributed by atoms with Crippen LogP contribution in [0.15, 0.2) is 30.6 Å². The van der Waals surface area contributed by atoms with E-state index in [1.807, 2.05) is 24.5 Å². The zero-order valence-corrected chi connectivity index (χ0v) is 18.7. The van der Waals surface area contributed by atoms with Crippen LogP contribution in [0.5, 0.6) is 0 Å². The van der Waals surface area contributed by atoms with Crippen molar-refractivity contribution >= 4 is 28.5 Å². The minimum Gasteiger partial charge on any atom is -0.373 e. The predicted octanol–water partition coefficient (Wildman–Crippen LogP) is 2.48. The number of likely N-dealkylation sites (N-methyl/N-ethyl adjacent to an activating group) is 1. The Labute approximate surface area is 188 Å². The van der Waals surface area contributed by atoms with Crippen LogP contribution in [-0.4, -0.2) is 69.3 Å². The van der Waals surface area contributed by atoms with Crippen LogP contribution in [0.2, 0.25) is 0 Å². The number of pyridine rings is 1. The van der Waals surface area contributed by atoms with E-state index in [9.17, 15) is 5.11 Å². The largest absolute Gasteiger partial charge is 0.373 e. The fraction of sp³-hybridized carbons (Fsp3) is 0.522. The lowest BCUT2D eigenvalue weighted by atomic mass is 10.1. The molecule has 1 fully saturated rings. The van der Waals surface area contributed by atoms with Gasteiger partial charge in [0.15, 0.2) is 0 Å². The van der Waals surface area contributed by atoms with E-state index in [1.54, 1.807) is 0 Å². The molecule has 0 radical (unpaired) electrons. The van der Waals surface area contributed by atoms with Gasteiger partial charge in [-0.3, -0.25) is 5.32 Å². The van der Waals surface area contributed by atoms with Crippen molar-refractivity contribution in [2.24, 2.45) is 0 Å². The number of nitrogens with zero attached hydrogens (tertiary/aromatic N) is 6. The molecule has 0 bridgehead atoms. The third-order valence-electron chi connectivity index (χ3n) is 6.45. The summed E-state index contributed by atoms with van der Waals surface area (Å²) < 4.78 is 2.12. The van der Waals surface area contributed by atoms with E-state index >= 15 is 0 Å². The average molecular weight is 437 g/mol. The summed E-state index contributed by atoms with van der Waals surface area (Å²) in [6.45, 7) is 5.83. The number of nitrogens with one attached hydrogen (secondary N) is 2. The Hall–Kier alpha value is -2.75. The van der Waals surface area contributed by atoms with Crippen molar-refractivity contribution in [1.29, 1.82) is 0 Å². The number of aliphatic hydroxyl groups excluding tert-OH is 1. The van der Waals surface area contributed by atoms with Gasteiger partial charge in [0, 0.05) is 44.3 Å². The van der Waals surface area contributed by atoms with Crippen LogP contribution in [0.25, 0.3) is 11.0 Å². The number of fused-ring (bicyclic) bond motifs is 3. The quantitative estimate of drug-likeness (QED) is 0.577. The summed E-state index contributed by atoms with van der Waals surface area (Å²) in [7, 11) is 2.16. The second kappa shape index (κ2) is 9.40. The topological polar surface area (TPSA) is 94.4 Å². The fourth-order valence-electron chi connectivity index (χ4n) is 4.50. The smallest absolute Gasteiger partial charge is 0.230 e. The number of anilines is 3. The molecular weight excluding hydrogens is 404 g/mol. The number of hydrogen-bond donors (Lipinski definition) is 3. The first-order chi connectivity index (χ1) is 15.7. The molecule has 3 aromatic rings. The Balaban J connectivity index is 1.35. The molecule has 32 heavy (non-hydrogen) atoms. The van der Waals surface area contributed by atoms with Crippen LogP contribution in [0.1, 0.15) is 37.6 Å². The monoisotopic (exact) mass is 436 g/mol. The van der Waals surface area contributed by atoms with Crippen LogP contribution in [-0.2, 0) is 6.54 Å². The fourth-order valence-corrected chi connectivity index (χ4v) is 4.50. The second-order valence-corrected chi connectivity index (χ2v) is 8.78. The summed E-state index contributed by atoms with van der Waals surface area (Å²) in [5, 5.41) is 18.0. The van der Waals surface area contributed by atoms with Crippen molar-refractivity contribution in [1.82, 2.24) is 29.7 Å². The molecule has 1 unspecified atom stereocenters. The Morgan fingerprint density at radius 1 is 1.00 bits per heavy atom. The maximum absolute atomic E-state index is 10.6. The SMILES string of the molecule is CN1CCN(c2ccc(Nc3ncc4cc5n(c4n3)CCCCCCNC5O)nc2)CC1. The third kappa shape index (κ3) is 4.55. The molecule has 1 saturated heterocycles. The summed E-state index contributed by atoms with van der Waals surface area (Å²) in [6.07, 6.45) is 7.55. The van der Waals surface area contributed by atoms with Gasteiger partial charge < -0.3 is 24.8 Å². The highest BCUT2D eigenvalue weighted by molar-refractivity contribution is 5.78. The highest BCUT2D eigenvalue weighted by Gasteiger charge is 2.19. The van der Waals surface area contributed by atoms with Crippen molar-refractivity contribution in [3.63, 3.8) is 0 Å². The Bertz CT molecular complexity index is 1040. The summed E-state index contributed by atoms with van der Waals surface area (Å²) in [5.41, 5.74) is 2.83. The van der Waals surface area contributed by atoms with E-state index < -0.39 is 6.23 Å². The lowest BCUT2D eigenvalue weighted by Gasteiger charge is -2.33. The molecule has 2 aliphatic heterocycles. The summed E-state index contributed by atoms with van der Waals surface area (Å²) >= 11 is 0. The average Bonchev–Trinajstić information content (AvgIpc) is 3.17. The van der Waals surface area contributed by atoms with E-state index in [0.717, 1.165) is 80.3 Å². The molecular formula is C23H32N8O. The lowest BCUT2D eigenvalue weighted by Crippen LogP contribution is -2.44. The van der Waals surface area contributed by atoms with Crippen molar-refractivity contribution < 1.29 is 5.11 Å². The molecule has 5 rings (SSSR count). The molecule has 0 saturated carbocycles. The predicted molar refractivity (Wildman–Crippen MR) is 126 cm³/mol. The molecule has 5 heterocycles. The highest BCUT2D eigenvalue weighted by Crippen LogP contribution is 2.25. The maximum atomic E-state index is 10.6. The summed E-state index contributed by atoms with van der Waals surface area (Å²) in [5.74, 6) is 1.23. The molecule has 3 N–H and O–H groups in total. The minimum atomic E-state index is -0.692. The second-order valence-electron chi connectivity index (χ2n) is 8.78. The molecule has 0 amide bonds. The van der Waals surface area contributed by atoms with Crippen molar-refractivity contribution in [3.05, 3.63) is 36.3 Å². The number of aryl methyl sites for hydroxylation is 1. The summed E-state index contributed by atoms with van der Waals surface area (Å²) in [6, 6.07) is 6.06. The third-order valence-corrected chi connectivity index (χ3v) is 6.45. The number of aliphatic hydroxyl groups is 1. The van der Waals surface area contributed by atoms with E-state index in [-0.39, 0.29) is 0 Å². The minimum absolute atomic E-state index is 0.512. The lowest BCUT2D eigenvalue weighted by molar-refractivity contribution is 0.129. The van der Waals surface area contributed by atoms with E-state index in [0.29, 0.717) is 5.95 Å². The molecule has 0 aromatic carbocycles. The molecule has 9 nitrogen and oxygen atoms in total. The Kier molecular flexibility index (Phi) is 6.20. The van der Waals surface area contributed by atoms with Gasteiger partial charge in [0.2, 0.25) is 5.95 Å². The van der Waals surface area contributed by atoms with Gasteiger partial charge in [-0.2, -0.15) is 4.98 Å². The first kappa shape index (κ1) is 21.1. The van der Waals surface area contributed by atoms with Crippen LogP contribution in [0.4, 0.5) is 17.5 Å². The normalized spacial score (nSPS) is 20.8. The van der Waals surface area contributed by atoms with Gasteiger partial charge in [0.05, 0.1) is 17.6 Å². The molecule has 9 heteroatoms. The van der Waals surface area contributed by atoms with Gasteiger partial charge >= 0.3 is 0 Å². The van der Waals surface area contributed by atoms with Crippen molar-refractivity contribution in [3.8, 4) is 0 Å². The van der Waals surface area contributed by atoms with Crippen LogP contribution < -0.4 is 15.5 Å². The van der Waals surface area contributed by atoms with E-state index in [1.165, 1.54) is 12.8 Å². The summed E-state index contributed by atoms with van der Waals surface area (Å²) in [4.78, 5) is 18.5. The Morgan fingerprint density at radius 3 is 2.66 bits per heavy atom. The molecule has 170 valence electrons. The number of rotatable bonds is 3. The van der Waals surface area contributed by atoms with Crippen LogP contribution in [0.3, 0.4) is 0 Å². The zero-order chi connectivity index (χ0) is 21.9. The number of piperazine rings is 1. The van der Waals surface area contributed by atoms with Crippen molar-refractivity contribution in [2.45, 2.75) is 38.5 Å². The zero-order valence-electron chi connectivity index (χ0n) is 18.7. The van der Waals surface area contributed by atoms with Crippen molar-refractivity contribution in [2.75, 3.05) is 50.0 Å². The molecule has 0 spiro atoms. The molecule has 3 aromatic heterocycles. The maximum Gasteiger partial charge on any atom is 0.230 e. The Morgan fingerprint density at radius 2 is 1.84 bits per heavy atom. The van der Waals surface area contributed by atoms with Gasteiger partial charge in [-0.25, -0.2) is 9.97 Å². The van der Waals surface area contributed by atoms with Gasteiger partial charge in [-0.05, 0) is 44.6 Å². The van der Waals surface area contributed by atoms with E-state index in [2.05, 4.69) is 48.1 Å². The molecule has 1 atom stereocenters. The van der Waals surface area contributed by atoms with Gasteiger partial charge in [0.1, 0.15) is 17.7 Å². The van der Waals surface area contributed by atoms with Gasteiger partial charge in [-0.15, -0.1) is 0 Å². The highest BCUT2D eigenvalue weighted by atomic mass is 16.3. The first-order valence-electron chi connectivity index (χ1n) is 11.6. The molecule has 2 aliphatic rings. The number of hydrogen-bond acceptors (Lipinski definition) is 8.